The van der Waals surface area contributed by atoms with Crippen LogP contribution in [0.25, 0.3) is 0 Å². The van der Waals surface area contributed by atoms with E-state index in [0.717, 1.165) is 4.90 Å². The first-order valence-corrected chi connectivity index (χ1v) is 6.58. The number of ether oxygens (including phenoxy) is 2. The third kappa shape index (κ3) is 3.73. The molecule has 0 saturated heterocycles. The average Bonchev–Trinajstić information content (AvgIpc) is 2.59. The SMILES string of the molecule is COc1ccc(CN(C(=O)O)c2cc(C=O)cnn2)c(OC)c1. The summed E-state index contributed by atoms with van der Waals surface area (Å²) in [5.41, 5.74) is 0.858. The van der Waals surface area contributed by atoms with E-state index in [1.165, 1.54) is 26.5 Å². The van der Waals surface area contributed by atoms with Crippen LogP contribution >= 0.6 is 0 Å². The number of hydrogen-bond donors (Lipinski definition) is 1. The summed E-state index contributed by atoms with van der Waals surface area (Å²) in [5, 5.41) is 16.8. The lowest BCUT2D eigenvalue weighted by atomic mass is 10.1. The molecular weight excluding hydrogens is 302 g/mol. The van der Waals surface area contributed by atoms with Crippen molar-refractivity contribution in [1.29, 1.82) is 0 Å². The summed E-state index contributed by atoms with van der Waals surface area (Å²) in [7, 11) is 3.01. The Hall–Kier alpha value is -3.16. The van der Waals surface area contributed by atoms with Gasteiger partial charge in [0.2, 0.25) is 0 Å². The molecule has 0 aliphatic heterocycles. The molecule has 0 bridgehead atoms. The van der Waals surface area contributed by atoms with Crippen LogP contribution in [0.3, 0.4) is 0 Å². The lowest BCUT2D eigenvalue weighted by Gasteiger charge is -2.19. The van der Waals surface area contributed by atoms with Gasteiger partial charge in [-0.25, -0.2) is 4.79 Å². The lowest BCUT2D eigenvalue weighted by molar-refractivity contribution is 0.112. The number of hydrogen-bond acceptors (Lipinski definition) is 6. The summed E-state index contributed by atoms with van der Waals surface area (Å²) >= 11 is 0. The first-order valence-electron chi connectivity index (χ1n) is 6.58. The first-order chi connectivity index (χ1) is 11.1. The normalized spacial score (nSPS) is 10.0. The molecule has 8 heteroatoms. The number of carboxylic acid groups (broad SMARTS) is 1. The molecular formula is C15H15N3O5. The standard InChI is InChI=1S/C15H15N3O5/c1-22-12-4-3-11(13(6-12)23-2)8-18(15(20)21)14-5-10(9-19)7-16-17-14/h3-7,9H,8H2,1-2H3,(H,20,21). The summed E-state index contributed by atoms with van der Waals surface area (Å²) in [6.07, 6.45) is 0.608. The summed E-state index contributed by atoms with van der Waals surface area (Å²) in [5.74, 6) is 1.13. The number of nitrogens with zero attached hydrogens (tertiary/aromatic N) is 3. The van der Waals surface area contributed by atoms with Crippen molar-refractivity contribution in [3.63, 3.8) is 0 Å². The molecule has 2 aromatic rings. The molecule has 0 fully saturated rings. The maximum Gasteiger partial charge on any atom is 0.413 e. The van der Waals surface area contributed by atoms with E-state index < -0.39 is 6.09 Å². The van der Waals surface area contributed by atoms with Gasteiger partial charge < -0.3 is 14.6 Å². The van der Waals surface area contributed by atoms with E-state index >= 15 is 0 Å². The number of benzene rings is 1. The monoisotopic (exact) mass is 317 g/mol. The Morgan fingerprint density at radius 3 is 2.70 bits per heavy atom. The van der Waals surface area contributed by atoms with Gasteiger partial charge >= 0.3 is 6.09 Å². The quantitative estimate of drug-likeness (QED) is 0.813. The molecule has 0 unspecified atom stereocenters. The van der Waals surface area contributed by atoms with Crippen molar-refractivity contribution in [2.45, 2.75) is 6.54 Å². The predicted molar refractivity (Wildman–Crippen MR) is 81.2 cm³/mol. The Bertz CT molecular complexity index is 720. The molecule has 0 saturated carbocycles. The second-order valence-corrected chi connectivity index (χ2v) is 4.51. The van der Waals surface area contributed by atoms with Gasteiger partial charge in [-0.05, 0) is 18.2 Å². The molecule has 1 N–H and O–H groups in total. The molecule has 1 heterocycles. The van der Waals surface area contributed by atoms with Crippen molar-refractivity contribution in [1.82, 2.24) is 10.2 Å². The third-order valence-corrected chi connectivity index (χ3v) is 3.13. The highest BCUT2D eigenvalue weighted by Gasteiger charge is 2.19. The van der Waals surface area contributed by atoms with Crippen molar-refractivity contribution < 1.29 is 24.2 Å². The van der Waals surface area contributed by atoms with Gasteiger partial charge in [-0.3, -0.25) is 9.69 Å². The number of rotatable bonds is 6. The zero-order chi connectivity index (χ0) is 16.8. The molecule has 120 valence electrons. The Balaban J connectivity index is 2.36. The minimum absolute atomic E-state index is 0.0144. The van der Waals surface area contributed by atoms with Crippen LogP contribution in [-0.4, -0.2) is 41.9 Å². The van der Waals surface area contributed by atoms with Gasteiger partial charge in [0.15, 0.2) is 12.1 Å². The van der Waals surface area contributed by atoms with Gasteiger partial charge in [0.25, 0.3) is 0 Å². The highest BCUT2D eigenvalue weighted by atomic mass is 16.5. The molecule has 1 amide bonds. The molecule has 0 aliphatic rings. The van der Waals surface area contributed by atoms with Gasteiger partial charge in [-0.15, -0.1) is 5.10 Å². The summed E-state index contributed by atoms with van der Waals surface area (Å²) in [4.78, 5) is 23.3. The van der Waals surface area contributed by atoms with E-state index in [1.54, 1.807) is 18.2 Å². The zero-order valence-corrected chi connectivity index (χ0v) is 12.6. The molecule has 0 atom stereocenters. The van der Waals surface area contributed by atoms with E-state index in [-0.39, 0.29) is 17.9 Å². The maximum atomic E-state index is 11.5. The van der Waals surface area contributed by atoms with E-state index in [2.05, 4.69) is 10.2 Å². The van der Waals surface area contributed by atoms with E-state index in [9.17, 15) is 14.7 Å². The Kier molecular flexibility index (Phi) is 5.08. The van der Waals surface area contributed by atoms with Crippen molar-refractivity contribution >= 4 is 18.2 Å². The molecule has 1 aromatic carbocycles. The topological polar surface area (TPSA) is 102 Å². The van der Waals surface area contributed by atoms with Crippen molar-refractivity contribution in [3.8, 4) is 11.5 Å². The number of anilines is 1. The minimum Gasteiger partial charge on any atom is -0.497 e. The average molecular weight is 317 g/mol. The van der Waals surface area contributed by atoms with Gasteiger partial charge in [-0.2, -0.15) is 5.10 Å². The fourth-order valence-electron chi connectivity index (χ4n) is 1.97. The summed E-state index contributed by atoms with van der Waals surface area (Å²) in [6.45, 7) is -0.0144. The lowest BCUT2D eigenvalue weighted by Crippen LogP contribution is -2.30. The van der Waals surface area contributed by atoms with Crippen LogP contribution in [0.2, 0.25) is 0 Å². The van der Waals surface area contributed by atoms with Crippen molar-refractivity contribution in [2.24, 2.45) is 0 Å². The first kappa shape index (κ1) is 16.2. The third-order valence-electron chi connectivity index (χ3n) is 3.13. The molecule has 0 radical (unpaired) electrons. The van der Waals surface area contributed by atoms with Crippen LogP contribution in [0.15, 0.2) is 30.5 Å². The maximum absolute atomic E-state index is 11.5. The van der Waals surface area contributed by atoms with Gasteiger partial charge in [0.05, 0.1) is 27.0 Å². The number of aldehydes is 1. The Morgan fingerprint density at radius 2 is 2.09 bits per heavy atom. The largest absolute Gasteiger partial charge is 0.497 e. The van der Waals surface area contributed by atoms with Crippen LogP contribution in [0, 0.1) is 0 Å². The number of amides is 1. The van der Waals surface area contributed by atoms with Crippen LogP contribution in [-0.2, 0) is 6.54 Å². The summed E-state index contributed by atoms with van der Waals surface area (Å²) in [6, 6.07) is 6.41. The van der Waals surface area contributed by atoms with Crippen LogP contribution < -0.4 is 14.4 Å². The Labute approximate surface area is 132 Å². The zero-order valence-electron chi connectivity index (χ0n) is 12.6. The molecule has 23 heavy (non-hydrogen) atoms. The molecule has 8 nitrogen and oxygen atoms in total. The van der Waals surface area contributed by atoms with Crippen LogP contribution in [0.1, 0.15) is 15.9 Å². The minimum atomic E-state index is -1.22. The highest BCUT2D eigenvalue weighted by Crippen LogP contribution is 2.27. The fraction of sp³-hybridized carbons (Fsp3) is 0.200. The molecule has 0 spiro atoms. The Morgan fingerprint density at radius 1 is 1.30 bits per heavy atom. The molecule has 1 aromatic heterocycles. The number of aromatic nitrogens is 2. The van der Waals surface area contributed by atoms with Gasteiger partial charge in [-0.1, -0.05) is 0 Å². The van der Waals surface area contributed by atoms with Gasteiger partial charge in [0, 0.05) is 17.2 Å². The van der Waals surface area contributed by atoms with E-state index in [4.69, 9.17) is 9.47 Å². The van der Waals surface area contributed by atoms with E-state index in [0.29, 0.717) is 23.3 Å². The smallest absolute Gasteiger partial charge is 0.413 e. The number of methoxy groups -OCH3 is 2. The second-order valence-electron chi connectivity index (χ2n) is 4.51. The summed E-state index contributed by atoms with van der Waals surface area (Å²) < 4.78 is 10.4. The predicted octanol–water partition coefficient (Wildman–Crippen LogP) is 1.99. The van der Waals surface area contributed by atoms with Crippen LogP contribution in [0.4, 0.5) is 10.6 Å². The number of carbonyl (C=O) groups excluding carboxylic acids is 1. The second kappa shape index (κ2) is 7.21. The van der Waals surface area contributed by atoms with Crippen molar-refractivity contribution in [2.75, 3.05) is 19.1 Å². The van der Waals surface area contributed by atoms with Gasteiger partial charge in [0.1, 0.15) is 11.5 Å². The van der Waals surface area contributed by atoms with Crippen molar-refractivity contribution in [3.05, 3.63) is 41.6 Å². The van der Waals surface area contributed by atoms with E-state index in [1.807, 2.05) is 0 Å². The van der Waals surface area contributed by atoms with Crippen LogP contribution in [0.5, 0.6) is 11.5 Å². The molecule has 2 rings (SSSR count). The highest BCUT2D eigenvalue weighted by molar-refractivity contribution is 5.86. The molecule has 0 aliphatic carbocycles. The number of carbonyl (C=O) groups is 2. The fourth-order valence-corrected chi connectivity index (χ4v) is 1.97.